The standard InChI is InChI=1S/C22H25N3O4S2/c1-29-21-14-18(6-7-19(21)25-11-4-5-13-31(25,27)28)23-22(26)15-20(17-8-12-30-16-17)24-9-2-3-10-24/h2-3,6-10,12,14,16,20H,4-5,11,13,15H2,1H3,(H,23,26). The van der Waals surface area contributed by atoms with Crippen LogP contribution in [0.5, 0.6) is 5.75 Å². The molecule has 0 radical (unpaired) electrons. The number of ether oxygens (including phenoxy) is 1. The lowest BCUT2D eigenvalue weighted by atomic mass is 10.1. The zero-order valence-corrected chi connectivity index (χ0v) is 18.9. The lowest BCUT2D eigenvalue weighted by Crippen LogP contribution is -2.38. The molecule has 164 valence electrons. The van der Waals surface area contributed by atoms with E-state index in [1.54, 1.807) is 29.5 Å². The van der Waals surface area contributed by atoms with Crippen molar-refractivity contribution in [3.63, 3.8) is 0 Å². The van der Waals surface area contributed by atoms with Gasteiger partial charge < -0.3 is 14.6 Å². The van der Waals surface area contributed by atoms with Crippen molar-refractivity contribution in [1.82, 2.24) is 4.57 Å². The van der Waals surface area contributed by atoms with E-state index in [1.165, 1.54) is 11.4 Å². The van der Waals surface area contributed by atoms with E-state index >= 15 is 0 Å². The number of benzene rings is 1. The Morgan fingerprint density at radius 1 is 1.23 bits per heavy atom. The topological polar surface area (TPSA) is 80.6 Å². The molecule has 1 amide bonds. The molecule has 2 aromatic heterocycles. The van der Waals surface area contributed by atoms with Gasteiger partial charge in [-0.3, -0.25) is 9.10 Å². The number of nitrogens with one attached hydrogen (secondary N) is 1. The molecule has 0 saturated carbocycles. The molecule has 1 saturated heterocycles. The van der Waals surface area contributed by atoms with Gasteiger partial charge in [0, 0.05) is 30.7 Å². The monoisotopic (exact) mass is 459 g/mol. The number of amides is 1. The zero-order chi connectivity index (χ0) is 21.8. The van der Waals surface area contributed by atoms with Crippen molar-refractivity contribution in [1.29, 1.82) is 0 Å². The fraction of sp³-hybridized carbons (Fsp3) is 0.318. The molecule has 1 aromatic carbocycles. The summed E-state index contributed by atoms with van der Waals surface area (Å²) in [6, 6.07) is 10.9. The number of carbonyl (C=O) groups excluding carboxylic acids is 1. The summed E-state index contributed by atoms with van der Waals surface area (Å²) in [4.78, 5) is 12.8. The Morgan fingerprint density at radius 3 is 2.71 bits per heavy atom. The summed E-state index contributed by atoms with van der Waals surface area (Å²) in [5.74, 6) is 0.422. The lowest BCUT2D eigenvalue weighted by molar-refractivity contribution is -0.116. The second-order valence-corrected chi connectivity index (χ2v) is 10.2. The van der Waals surface area contributed by atoms with Crippen LogP contribution in [0, 0.1) is 0 Å². The summed E-state index contributed by atoms with van der Waals surface area (Å²) in [7, 11) is -1.85. The Labute approximate surface area is 186 Å². The van der Waals surface area contributed by atoms with E-state index in [0.29, 0.717) is 30.1 Å². The zero-order valence-electron chi connectivity index (χ0n) is 17.2. The molecule has 4 rings (SSSR count). The van der Waals surface area contributed by atoms with Crippen molar-refractivity contribution in [2.24, 2.45) is 0 Å². The van der Waals surface area contributed by atoms with Crippen molar-refractivity contribution in [2.75, 3.05) is 29.0 Å². The molecule has 0 spiro atoms. The van der Waals surface area contributed by atoms with E-state index in [2.05, 4.69) is 10.7 Å². The van der Waals surface area contributed by atoms with Crippen LogP contribution in [0.4, 0.5) is 11.4 Å². The first-order valence-electron chi connectivity index (χ1n) is 10.1. The predicted octanol–water partition coefficient (Wildman–Crippen LogP) is 4.11. The molecular weight excluding hydrogens is 434 g/mol. The molecule has 0 aliphatic carbocycles. The van der Waals surface area contributed by atoms with Gasteiger partial charge in [0.1, 0.15) is 5.75 Å². The third-order valence-corrected chi connectivity index (χ3v) is 7.93. The maximum Gasteiger partial charge on any atom is 0.235 e. The molecule has 1 aliphatic heterocycles. The number of methoxy groups -OCH3 is 1. The number of sulfonamides is 1. The minimum atomic E-state index is -3.35. The minimum Gasteiger partial charge on any atom is -0.494 e. The van der Waals surface area contributed by atoms with Gasteiger partial charge in [0.25, 0.3) is 0 Å². The second kappa shape index (κ2) is 9.15. The Kier molecular flexibility index (Phi) is 6.33. The van der Waals surface area contributed by atoms with E-state index in [9.17, 15) is 13.2 Å². The Hall–Kier alpha value is -2.78. The average Bonchev–Trinajstić information content (AvgIpc) is 3.46. The molecule has 1 fully saturated rings. The highest BCUT2D eigenvalue weighted by Crippen LogP contribution is 2.35. The van der Waals surface area contributed by atoms with E-state index in [-0.39, 0.29) is 24.1 Å². The minimum absolute atomic E-state index is 0.0964. The van der Waals surface area contributed by atoms with Gasteiger partial charge in [0.15, 0.2) is 0 Å². The maximum absolute atomic E-state index is 12.8. The summed E-state index contributed by atoms with van der Waals surface area (Å²) < 4.78 is 33.8. The van der Waals surface area contributed by atoms with Crippen molar-refractivity contribution in [2.45, 2.75) is 25.3 Å². The van der Waals surface area contributed by atoms with Gasteiger partial charge in [0.05, 0.1) is 31.0 Å². The van der Waals surface area contributed by atoms with Gasteiger partial charge in [-0.2, -0.15) is 11.3 Å². The van der Waals surface area contributed by atoms with Gasteiger partial charge in [-0.05, 0) is 59.5 Å². The normalized spacial score (nSPS) is 16.6. The molecule has 1 aliphatic rings. The fourth-order valence-corrected chi connectivity index (χ4v) is 6.18. The van der Waals surface area contributed by atoms with Crippen LogP contribution in [0.25, 0.3) is 0 Å². The van der Waals surface area contributed by atoms with E-state index in [4.69, 9.17) is 4.74 Å². The van der Waals surface area contributed by atoms with Crippen LogP contribution < -0.4 is 14.4 Å². The number of thiophene rings is 1. The lowest BCUT2D eigenvalue weighted by Gasteiger charge is -2.29. The summed E-state index contributed by atoms with van der Waals surface area (Å²) >= 11 is 1.60. The second-order valence-electron chi connectivity index (χ2n) is 7.44. The van der Waals surface area contributed by atoms with Crippen LogP contribution in [0.3, 0.4) is 0 Å². The summed E-state index contributed by atoms with van der Waals surface area (Å²) in [6.07, 6.45) is 5.65. The van der Waals surface area contributed by atoms with Gasteiger partial charge in [-0.25, -0.2) is 8.42 Å². The molecule has 1 N–H and O–H groups in total. The van der Waals surface area contributed by atoms with Crippen molar-refractivity contribution in [3.8, 4) is 5.75 Å². The number of anilines is 2. The first-order valence-corrected chi connectivity index (χ1v) is 12.7. The molecular formula is C22H25N3O4S2. The highest BCUT2D eigenvalue weighted by molar-refractivity contribution is 7.92. The highest BCUT2D eigenvalue weighted by atomic mass is 32.2. The number of hydrogen-bond acceptors (Lipinski definition) is 5. The molecule has 9 heteroatoms. The summed E-state index contributed by atoms with van der Waals surface area (Å²) in [6.45, 7) is 0.434. The van der Waals surface area contributed by atoms with Crippen LogP contribution >= 0.6 is 11.3 Å². The van der Waals surface area contributed by atoms with E-state index < -0.39 is 10.0 Å². The molecule has 3 heterocycles. The molecule has 0 bridgehead atoms. The Bertz CT molecular complexity index is 1090. The van der Waals surface area contributed by atoms with Crippen molar-refractivity contribution < 1.29 is 17.9 Å². The van der Waals surface area contributed by atoms with E-state index in [1.807, 2.05) is 40.5 Å². The van der Waals surface area contributed by atoms with Gasteiger partial charge >= 0.3 is 0 Å². The fourth-order valence-electron chi connectivity index (χ4n) is 3.82. The van der Waals surface area contributed by atoms with E-state index in [0.717, 1.165) is 12.0 Å². The van der Waals surface area contributed by atoms with Gasteiger partial charge in [0.2, 0.25) is 15.9 Å². The molecule has 3 aromatic rings. The largest absolute Gasteiger partial charge is 0.494 e. The smallest absolute Gasteiger partial charge is 0.235 e. The average molecular weight is 460 g/mol. The number of nitrogens with zero attached hydrogens (tertiary/aromatic N) is 2. The quantitative estimate of drug-likeness (QED) is 0.577. The molecule has 1 unspecified atom stereocenters. The van der Waals surface area contributed by atoms with Gasteiger partial charge in [-0.15, -0.1) is 0 Å². The Balaban J connectivity index is 1.52. The van der Waals surface area contributed by atoms with Crippen molar-refractivity contribution >= 4 is 38.6 Å². The summed E-state index contributed by atoms with van der Waals surface area (Å²) in [5, 5.41) is 6.98. The first kappa shape index (κ1) is 21.5. The summed E-state index contributed by atoms with van der Waals surface area (Å²) in [5.41, 5.74) is 2.15. The van der Waals surface area contributed by atoms with Crippen LogP contribution in [0.15, 0.2) is 59.6 Å². The third-order valence-electron chi connectivity index (χ3n) is 5.38. The molecule has 1 atom stereocenters. The highest BCUT2D eigenvalue weighted by Gasteiger charge is 2.28. The van der Waals surface area contributed by atoms with Crippen molar-refractivity contribution in [3.05, 3.63) is 65.1 Å². The van der Waals surface area contributed by atoms with Gasteiger partial charge in [-0.1, -0.05) is 0 Å². The Morgan fingerprint density at radius 2 is 2.03 bits per heavy atom. The van der Waals surface area contributed by atoms with Crippen LogP contribution in [0.1, 0.15) is 30.9 Å². The SMILES string of the molecule is COc1cc(NC(=O)CC(c2ccsc2)n2cccc2)ccc1N1CCCCS1(=O)=O. The van der Waals surface area contributed by atoms with Crippen LogP contribution in [-0.4, -0.2) is 38.3 Å². The first-order chi connectivity index (χ1) is 15.0. The predicted molar refractivity (Wildman–Crippen MR) is 123 cm³/mol. The molecule has 31 heavy (non-hydrogen) atoms. The maximum atomic E-state index is 12.8. The number of hydrogen-bond donors (Lipinski definition) is 1. The number of aromatic nitrogens is 1. The molecule has 7 nitrogen and oxygen atoms in total. The number of rotatable bonds is 7. The van der Waals surface area contributed by atoms with Crippen LogP contribution in [-0.2, 0) is 14.8 Å². The van der Waals surface area contributed by atoms with Crippen LogP contribution in [0.2, 0.25) is 0 Å². The number of carbonyl (C=O) groups is 1. The third kappa shape index (κ3) is 4.77.